The number of allylic oxidation sites excluding steroid dienone is 1. The first-order chi connectivity index (χ1) is 13.2. The zero-order valence-corrected chi connectivity index (χ0v) is 15.3. The molecule has 3 rings (SSSR count). The molecule has 0 spiro atoms. The molecule has 132 valence electrons. The Hall–Kier alpha value is -3.64. The minimum Gasteiger partial charge on any atom is -0.465 e. The van der Waals surface area contributed by atoms with E-state index in [0.29, 0.717) is 11.3 Å². The molecule has 0 amide bonds. The van der Waals surface area contributed by atoms with Gasteiger partial charge in [-0.3, -0.25) is 0 Å². The highest BCUT2D eigenvalue weighted by Crippen LogP contribution is 2.24. The van der Waals surface area contributed by atoms with Gasteiger partial charge < -0.3 is 4.74 Å². The topological polar surface area (TPSA) is 39.2 Å². The van der Waals surface area contributed by atoms with Crippen LogP contribution in [0.3, 0.4) is 0 Å². The summed E-state index contributed by atoms with van der Waals surface area (Å²) in [6.07, 6.45) is 5.26. The zero-order valence-electron chi connectivity index (χ0n) is 15.3. The van der Waals surface area contributed by atoms with Crippen LogP contribution in [-0.2, 0) is 4.74 Å². The molecule has 27 heavy (non-hydrogen) atoms. The Morgan fingerprint density at radius 1 is 1.04 bits per heavy atom. The number of benzene rings is 2. The van der Waals surface area contributed by atoms with Crippen molar-refractivity contribution < 1.29 is 9.53 Å². The molecule has 3 nitrogen and oxygen atoms in total. The summed E-state index contributed by atoms with van der Waals surface area (Å²) in [7, 11) is 1.34. The van der Waals surface area contributed by atoms with Crippen LogP contribution in [0.5, 0.6) is 0 Å². The van der Waals surface area contributed by atoms with Crippen LogP contribution in [0, 0.1) is 18.8 Å². The van der Waals surface area contributed by atoms with Crippen LogP contribution in [0.1, 0.15) is 27.2 Å². The van der Waals surface area contributed by atoms with Crippen molar-refractivity contribution in [3.63, 3.8) is 0 Å². The normalized spacial score (nSPS) is 10.3. The number of nitrogens with zero attached hydrogens (tertiary/aromatic N) is 1. The Bertz CT molecular complexity index is 1020. The van der Waals surface area contributed by atoms with E-state index in [0.717, 1.165) is 11.1 Å². The van der Waals surface area contributed by atoms with E-state index in [1.807, 2.05) is 24.3 Å². The van der Waals surface area contributed by atoms with E-state index >= 15 is 0 Å². The predicted octanol–water partition coefficient (Wildman–Crippen LogP) is 4.91. The molecule has 3 aromatic rings. The number of carbonyl (C=O) groups is 1. The lowest BCUT2D eigenvalue weighted by atomic mass is 9.98. The molecule has 0 aliphatic rings. The van der Waals surface area contributed by atoms with E-state index in [-0.39, 0.29) is 0 Å². The first-order valence-electron chi connectivity index (χ1n) is 8.56. The maximum absolute atomic E-state index is 11.4. The van der Waals surface area contributed by atoms with Gasteiger partial charge in [0.15, 0.2) is 0 Å². The lowest BCUT2D eigenvalue weighted by Crippen LogP contribution is -2.01. The lowest BCUT2D eigenvalue weighted by molar-refractivity contribution is 0.0600. The molecule has 0 atom stereocenters. The fraction of sp³-hybridized carbons (Fsp3) is 0.0833. The average Bonchev–Trinajstić information content (AvgIpc) is 2.72. The summed E-state index contributed by atoms with van der Waals surface area (Å²) < 4.78 is 4.65. The van der Waals surface area contributed by atoms with Gasteiger partial charge >= 0.3 is 5.97 Å². The number of methoxy groups -OCH3 is 1. The van der Waals surface area contributed by atoms with Gasteiger partial charge in [-0.25, -0.2) is 9.78 Å². The summed E-state index contributed by atoms with van der Waals surface area (Å²) in [4.78, 5) is 15.6. The van der Waals surface area contributed by atoms with E-state index in [2.05, 4.69) is 64.9 Å². The molecule has 0 bridgehead atoms. The lowest BCUT2D eigenvalue weighted by Gasteiger charge is -2.06. The van der Waals surface area contributed by atoms with Gasteiger partial charge in [0.05, 0.1) is 12.7 Å². The van der Waals surface area contributed by atoms with Gasteiger partial charge in [-0.05, 0) is 53.8 Å². The first kappa shape index (κ1) is 18.2. The summed E-state index contributed by atoms with van der Waals surface area (Å²) >= 11 is 0. The van der Waals surface area contributed by atoms with Crippen LogP contribution in [0.15, 0.2) is 72.9 Å². The van der Waals surface area contributed by atoms with Gasteiger partial charge in [-0.1, -0.05) is 60.0 Å². The number of aryl methyl sites for hydroxylation is 1. The number of esters is 1. The monoisotopic (exact) mass is 353 g/mol. The Morgan fingerprint density at radius 3 is 2.52 bits per heavy atom. The number of hydrogen-bond acceptors (Lipinski definition) is 3. The molecule has 1 aromatic heterocycles. The summed E-state index contributed by atoms with van der Waals surface area (Å²) in [5.74, 6) is 5.55. The Labute approximate surface area is 159 Å². The molecule has 0 radical (unpaired) electrons. The van der Waals surface area contributed by atoms with E-state index in [1.54, 1.807) is 12.1 Å². The highest BCUT2D eigenvalue weighted by molar-refractivity contribution is 5.88. The third kappa shape index (κ3) is 4.71. The van der Waals surface area contributed by atoms with Crippen molar-refractivity contribution >= 4 is 12.0 Å². The second-order valence-electron chi connectivity index (χ2n) is 5.98. The third-order valence-corrected chi connectivity index (χ3v) is 4.05. The molecule has 2 aromatic carbocycles. The molecule has 0 aliphatic heterocycles. The van der Waals surface area contributed by atoms with Crippen LogP contribution in [0.25, 0.3) is 17.2 Å². The second-order valence-corrected chi connectivity index (χ2v) is 5.98. The van der Waals surface area contributed by atoms with Crippen molar-refractivity contribution in [2.24, 2.45) is 0 Å². The van der Waals surface area contributed by atoms with Crippen LogP contribution >= 0.6 is 0 Å². The minimum absolute atomic E-state index is 0.408. The van der Waals surface area contributed by atoms with E-state index in [9.17, 15) is 4.79 Å². The molecule has 0 fully saturated rings. The molecule has 1 heterocycles. The number of aromatic nitrogens is 1. The highest BCUT2D eigenvalue weighted by atomic mass is 16.5. The van der Waals surface area contributed by atoms with Crippen LogP contribution < -0.4 is 0 Å². The maximum atomic E-state index is 11.4. The van der Waals surface area contributed by atoms with Crippen molar-refractivity contribution in [1.29, 1.82) is 0 Å². The van der Waals surface area contributed by atoms with E-state index in [1.165, 1.54) is 24.4 Å². The second kappa shape index (κ2) is 8.64. The summed E-state index contributed by atoms with van der Waals surface area (Å²) in [5, 5.41) is 0. The van der Waals surface area contributed by atoms with Crippen molar-refractivity contribution in [1.82, 2.24) is 4.98 Å². The molecular formula is C24H19NO2. The number of ether oxygens (including phenoxy) is 1. The first-order valence-corrected chi connectivity index (χ1v) is 8.56. The summed E-state index contributed by atoms with van der Waals surface area (Å²) in [5.41, 5.74) is 5.68. The largest absolute Gasteiger partial charge is 0.465 e. The van der Waals surface area contributed by atoms with Crippen molar-refractivity contribution in [2.75, 3.05) is 7.11 Å². The highest BCUT2D eigenvalue weighted by Gasteiger charge is 2.04. The van der Waals surface area contributed by atoms with Gasteiger partial charge in [0.2, 0.25) is 0 Å². The minimum atomic E-state index is -0.408. The number of carbonyl (C=O) groups excluding carboxylic acids is 1. The molecule has 0 saturated carbocycles. The van der Waals surface area contributed by atoms with Gasteiger partial charge in [-0.15, -0.1) is 0 Å². The smallest absolute Gasteiger partial charge is 0.339 e. The fourth-order valence-corrected chi connectivity index (χ4v) is 2.59. The van der Waals surface area contributed by atoms with Crippen molar-refractivity contribution in [2.45, 2.75) is 6.92 Å². The van der Waals surface area contributed by atoms with Crippen molar-refractivity contribution in [3.8, 4) is 23.0 Å². The predicted molar refractivity (Wildman–Crippen MR) is 108 cm³/mol. The standard InChI is InChI=1S/C24H19NO2/c1-18-11-13-20(14-12-18)23-10-6-4-8-19(23)7-3-5-9-22-16-15-21(17-25-22)24(26)27-2/h3-4,6-8,10-17H,1-2H3/b7-3+. The summed E-state index contributed by atoms with van der Waals surface area (Å²) in [6, 6.07) is 20.0. The molecule has 3 heteroatoms. The maximum Gasteiger partial charge on any atom is 0.339 e. The van der Waals surface area contributed by atoms with E-state index < -0.39 is 5.97 Å². The van der Waals surface area contributed by atoms with Crippen molar-refractivity contribution in [3.05, 3.63) is 95.3 Å². The van der Waals surface area contributed by atoms with Gasteiger partial charge in [0.25, 0.3) is 0 Å². The molecule has 0 aliphatic carbocycles. The Balaban J connectivity index is 1.77. The van der Waals surface area contributed by atoms with Gasteiger partial charge in [-0.2, -0.15) is 0 Å². The van der Waals surface area contributed by atoms with Gasteiger partial charge in [0, 0.05) is 6.20 Å². The fourth-order valence-electron chi connectivity index (χ4n) is 2.59. The van der Waals surface area contributed by atoms with Crippen LogP contribution in [0.4, 0.5) is 0 Å². The molecule has 0 unspecified atom stereocenters. The average molecular weight is 353 g/mol. The van der Waals surface area contributed by atoms with E-state index in [4.69, 9.17) is 0 Å². The van der Waals surface area contributed by atoms with Gasteiger partial charge in [0.1, 0.15) is 5.69 Å². The van der Waals surface area contributed by atoms with Crippen LogP contribution in [-0.4, -0.2) is 18.1 Å². The van der Waals surface area contributed by atoms with Crippen LogP contribution in [0.2, 0.25) is 0 Å². The number of rotatable bonds is 3. The Morgan fingerprint density at radius 2 is 1.81 bits per heavy atom. The molecule has 0 saturated heterocycles. The third-order valence-electron chi connectivity index (χ3n) is 4.05. The number of hydrogen-bond donors (Lipinski definition) is 0. The summed E-state index contributed by atoms with van der Waals surface area (Å²) in [6.45, 7) is 2.08. The molecule has 0 N–H and O–H groups in total. The quantitative estimate of drug-likeness (QED) is 0.496. The SMILES string of the molecule is COC(=O)c1ccc(C#C/C=C/c2ccccc2-c2ccc(C)cc2)nc1. The molecular weight excluding hydrogens is 334 g/mol. The Kier molecular flexibility index (Phi) is 5.81. The number of pyridine rings is 1. The zero-order chi connectivity index (χ0) is 19.1.